The number of sulfonamides is 1. The number of hydrogen-bond acceptors (Lipinski definition) is 3. The minimum absolute atomic E-state index is 0.0685. The van der Waals surface area contributed by atoms with Gasteiger partial charge in [-0.05, 0) is 54.8 Å². The van der Waals surface area contributed by atoms with Crippen molar-refractivity contribution >= 4 is 50.5 Å². The zero-order valence-electron chi connectivity index (χ0n) is 17.1. The average molecular weight is 477 g/mol. The highest BCUT2D eigenvalue weighted by molar-refractivity contribution is 7.92. The molecule has 0 atom stereocenters. The average Bonchev–Trinajstić information content (AvgIpc) is 2.76. The minimum atomic E-state index is -4.03. The molecule has 3 aromatic rings. The van der Waals surface area contributed by atoms with Crippen LogP contribution in [-0.2, 0) is 21.2 Å². The maximum atomic E-state index is 13.4. The molecular weight excluding hydrogens is 455 g/mol. The van der Waals surface area contributed by atoms with Crippen LogP contribution < -0.4 is 9.62 Å². The first-order valence-corrected chi connectivity index (χ1v) is 11.8. The molecule has 1 N–H and O–H groups in total. The van der Waals surface area contributed by atoms with E-state index in [-0.39, 0.29) is 15.6 Å². The van der Waals surface area contributed by atoms with E-state index >= 15 is 0 Å². The fraction of sp³-hybridized carbons (Fsp3) is 0.174. The van der Waals surface area contributed by atoms with Crippen LogP contribution in [-0.4, -0.2) is 20.9 Å². The molecule has 0 heterocycles. The van der Waals surface area contributed by atoms with Gasteiger partial charge < -0.3 is 5.32 Å². The number of carbonyl (C=O) groups is 1. The van der Waals surface area contributed by atoms with Crippen LogP contribution in [0.2, 0.25) is 10.0 Å². The normalized spacial score (nSPS) is 11.2. The molecule has 0 fully saturated rings. The molecule has 3 rings (SSSR count). The SMILES string of the molecule is CCc1cccc(C)c1NC(=O)CN(c1ccc(Cl)c(Cl)c1)S(=O)(=O)c1ccccc1. The zero-order valence-corrected chi connectivity index (χ0v) is 19.4. The third-order valence-electron chi connectivity index (χ3n) is 4.81. The van der Waals surface area contributed by atoms with Crippen molar-refractivity contribution in [3.05, 3.63) is 87.9 Å². The fourth-order valence-corrected chi connectivity index (χ4v) is 4.91. The van der Waals surface area contributed by atoms with Gasteiger partial charge in [0, 0.05) is 5.69 Å². The summed E-state index contributed by atoms with van der Waals surface area (Å²) in [5.74, 6) is -0.463. The maximum absolute atomic E-state index is 13.4. The number of aryl methyl sites for hydroxylation is 2. The second-order valence-corrected chi connectivity index (χ2v) is 9.61. The number of anilines is 2. The van der Waals surface area contributed by atoms with Gasteiger partial charge in [0.05, 0.1) is 20.6 Å². The second-order valence-electron chi connectivity index (χ2n) is 6.93. The summed E-state index contributed by atoms with van der Waals surface area (Å²) < 4.78 is 27.8. The summed E-state index contributed by atoms with van der Waals surface area (Å²) in [5, 5.41) is 3.36. The Morgan fingerprint density at radius 1 is 0.968 bits per heavy atom. The van der Waals surface area contributed by atoms with E-state index in [9.17, 15) is 13.2 Å². The van der Waals surface area contributed by atoms with E-state index in [1.807, 2.05) is 32.0 Å². The first kappa shape index (κ1) is 23.1. The van der Waals surface area contributed by atoms with Crippen LogP contribution in [0.4, 0.5) is 11.4 Å². The molecule has 0 saturated carbocycles. The van der Waals surface area contributed by atoms with Crippen LogP contribution >= 0.6 is 23.2 Å². The number of amides is 1. The lowest BCUT2D eigenvalue weighted by Gasteiger charge is -2.25. The third-order valence-corrected chi connectivity index (χ3v) is 7.34. The van der Waals surface area contributed by atoms with Crippen molar-refractivity contribution in [2.45, 2.75) is 25.2 Å². The molecule has 0 unspecified atom stereocenters. The third kappa shape index (κ3) is 5.21. The van der Waals surface area contributed by atoms with Gasteiger partial charge in [0.15, 0.2) is 0 Å². The summed E-state index contributed by atoms with van der Waals surface area (Å²) in [6.07, 6.45) is 0.732. The van der Waals surface area contributed by atoms with E-state index in [0.29, 0.717) is 10.7 Å². The molecule has 3 aromatic carbocycles. The van der Waals surface area contributed by atoms with Crippen LogP contribution in [0, 0.1) is 6.92 Å². The Morgan fingerprint density at radius 2 is 1.68 bits per heavy atom. The zero-order chi connectivity index (χ0) is 22.6. The van der Waals surface area contributed by atoms with E-state index in [4.69, 9.17) is 23.2 Å². The van der Waals surface area contributed by atoms with E-state index in [2.05, 4.69) is 5.32 Å². The lowest BCUT2D eigenvalue weighted by molar-refractivity contribution is -0.114. The van der Waals surface area contributed by atoms with Gasteiger partial charge in [0.2, 0.25) is 5.91 Å². The summed E-state index contributed by atoms with van der Waals surface area (Å²) >= 11 is 12.1. The van der Waals surface area contributed by atoms with Crippen molar-refractivity contribution in [3.8, 4) is 0 Å². The standard InChI is InChI=1S/C23H22Cl2N2O3S/c1-3-17-9-7-8-16(2)23(17)26-22(28)15-27(18-12-13-20(24)21(25)14-18)31(29,30)19-10-5-4-6-11-19/h4-14H,3,15H2,1-2H3,(H,26,28). The quantitative estimate of drug-likeness (QED) is 0.475. The van der Waals surface area contributed by atoms with Gasteiger partial charge in [-0.25, -0.2) is 8.42 Å². The molecule has 31 heavy (non-hydrogen) atoms. The number of benzene rings is 3. The van der Waals surface area contributed by atoms with Crippen molar-refractivity contribution in [2.75, 3.05) is 16.2 Å². The van der Waals surface area contributed by atoms with Gasteiger partial charge >= 0.3 is 0 Å². The van der Waals surface area contributed by atoms with Gasteiger partial charge in [-0.15, -0.1) is 0 Å². The van der Waals surface area contributed by atoms with Crippen LogP contribution in [0.1, 0.15) is 18.1 Å². The molecule has 0 aliphatic rings. The van der Waals surface area contributed by atoms with E-state index in [1.165, 1.54) is 30.3 Å². The first-order valence-electron chi connectivity index (χ1n) is 9.65. The molecular formula is C23H22Cl2N2O3S. The van der Waals surface area contributed by atoms with Gasteiger partial charge in [-0.3, -0.25) is 9.10 Å². The number of carbonyl (C=O) groups excluding carboxylic acids is 1. The summed E-state index contributed by atoms with van der Waals surface area (Å²) in [4.78, 5) is 13.0. The maximum Gasteiger partial charge on any atom is 0.264 e. The molecule has 0 bridgehead atoms. The van der Waals surface area contributed by atoms with Gasteiger partial charge in [0.25, 0.3) is 10.0 Å². The highest BCUT2D eigenvalue weighted by atomic mass is 35.5. The Kier molecular flexibility index (Phi) is 7.26. The van der Waals surface area contributed by atoms with Gasteiger partial charge in [-0.1, -0.05) is 66.5 Å². The van der Waals surface area contributed by atoms with E-state index < -0.39 is 22.5 Å². The Bertz CT molecular complexity index is 1200. The van der Waals surface area contributed by atoms with E-state index in [0.717, 1.165) is 21.9 Å². The number of nitrogens with zero attached hydrogens (tertiary/aromatic N) is 1. The molecule has 1 amide bonds. The molecule has 8 heteroatoms. The molecule has 0 spiro atoms. The Morgan fingerprint density at radius 3 is 2.32 bits per heavy atom. The molecule has 162 valence electrons. The largest absolute Gasteiger partial charge is 0.324 e. The molecule has 0 aliphatic carbocycles. The molecule has 0 aliphatic heterocycles. The number of halogens is 2. The smallest absolute Gasteiger partial charge is 0.264 e. The van der Waals surface area contributed by atoms with Crippen LogP contribution in [0.5, 0.6) is 0 Å². The monoisotopic (exact) mass is 476 g/mol. The number of nitrogens with one attached hydrogen (secondary N) is 1. The fourth-order valence-electron chi connectivity index (χ4n) is 3.19. The lowest BCUT2D eigenvalue weighted by Crippen LogP contribution is -2.38. The summed E-state index contributed by atoms with van der Waals surface area (Å²) in [7, 11) is -4.03. The predicted octanol–water partition coefficient (Wildman–Crippen LogP) is 5.70. The Labute approximate surface area is 192 Å². The number of hydrogen-bond donors (Lipinski definition) is 1. The summed E-state index contributed by atoms with van der Waals surface area (Å²) in [6, 6.07) is 18.1. The lowest BCUT2D eigenvalue weighted by atomic mass is 10.1. The second kappa shape index (κ2) is 9.73. The molecule has 0 radical (unpaired) electrons. The summed E-state index contributed by atoms with van der Waals surface area (Å²) in [6.45, 7) is 3.46. The molecule has 5 nitrogen and oxygen atoms in total. The highest BCUT2D eigenvalue weighted by Crippen LogP contribution is 2.30. The minimum Gasteiger partial charge on any atom is -0.324 e. The molecule has 0 aromatic heterocycles. The summed E-state index contributed by atoms with van der Waals surface area (Å²) in [5.41, 5.74) is 2.81. The van der Waals surface area contributed by atoms with Crippen molar-refractivity contribution in [2.24, 2.45) is 0 Å². The topological polar surface area (TPSA) is 66.5 Å². The van der Waals surface area contributed by atoms with Crippen molar-refractivity contribution in [1.82, 2.24) is 0 Å². The Hall–Kier alpha value is -2.54. The van der Waals surface area contributed by atoms with Crippen LogP contribution in [0.25, 0.3) is 0 Å². The molecule has 0 saturated heterocycles. The first-order chi connectivity index (χ1) is 14.7. The Balaban J connectivity index is 1.99. The predicted molar refractivity (Wildman–Crippen MR) is 127 cm³/mol. The number of para-hydroxylation sites is 1. The number of rotatable bonds is 7. The van der Waals surface area contributed by atoms with E-state index in [1.54, 1.807) is 18.2 Å². The van der Waals surface area contributed by atoms with Crippen LogP contribution in [0.3, 0.4) is 0 Å². The van der Waals surface area contributed by atoms with Crippen molar-refractivity contribution in [1.29, 1.82) is 0 Å². The van der Waals surface area contributed by atoms with Crippen molar-refractivity contribution in [3.63, 3.8) is 0 Å². The van der Waals surface area contributed by atoms with Gasteiger partial charge in [-0.2, -0.15) is 0 Å². The van der Waals surface area contributed by atoms with Gasteiger partial charge in [0.1, 0.15) is 6.54 Å². The van der Waals surface area contributed by atoms with Crippen LogP contribution in [0.15, 0.2) is 71.6 Å². The highest BCUT2D eigenvalue weighted by Gasteiger charge is 2.28. The van der Waals surface area contributed by atoms with Crippen molar-refractivity contribution < 1.29 is 13.2 Å².